The zero-order chi connectivity index (χ0) is 17.6. The molecule has 23 heavy (non-hydrogen) atoms. The Balaban J connectivity index is 2.27. The number of carbonyl (C=O) groups is 4. The maximum Gasteiger partial charge on any atom is 0.256 e. The summed E-state index contributed by atoms with van der Waals surface area (Å²) >= 11 is 0. The lowest BCUT2D eigenvalue weighted by atomic mass is 9.87. The number of hydrogen-bond acceptors (Lipinski definition) is 7. The number of hydrogen-bond donors (Lipinski definition) is 4. The number of nitrogens with zero attached hydrogens (tertiary/aromatic N) is 1. The lowest BCUT2D eigenvalue weighted by Crippen LogP contribution is -2.46. The Morgan fingerprint density at radius 1 is 1.30 bits per heavy atom. The number of aliphatic hydroxyl groups excluding tert-OH is 2. The third-order valence-electron chi connectivity index (χ3n) is 3.30. The summed E-state index contributed by atoms with van der Waals surface area (Å²) in [5, 5.41) is 21.6. The van der Waals surface area contributed by atoms with Gasteiger partial charge in [-0.25, -0.2) is 5.48 Å². The van der Waals surface area contributed by atoms with Crippen LogP contribution in [0.2, 0.25) is 0 Å². The van der Waals surface area contributed by atoms with Gasteiger partial charge in [-0.1, -0.05) is 13.8 Å². The number of hydroxylamine groups is 3. The van der Waals surface area contributed by atoms with Gasteiger partial charge in [-0.05, 0) is 0 Å². The molecule has 1 aliphatic heterocycles. The quantitative estimate of drug-likeness (QED) is 0.297. The van der Waals surface area contributed by atoms with Crippen LogP contribution in [0.3, 0.4) is 0 Å². The summed E-state index contributed by atoms with van der Waals surface area (Å²) < 4.78 is 0. The van der Waals surface area contributed by atoms with Crippen molar-refractivity contribution in [1.29, 1.82) is 0 Å². The van der Waals surface area contributed by atoms with E-state index in [0.29, 0.717) is 5.06 Å². The zero-order valence-corrected chi connectivity index (χ0v) is 13.0. The predicted octanol–water partition coefficient (Wildman–Crippen LogP) is -2.02. The molecule has 0 aromatic carbocycles. The molecule has 4 N–H and O–H groups in total. The van der Waals surface area contributed by atoms with Crippen LogP contribution in [0.15, 0.2) is 0 Å². The molecule has 1 aliphatic rings. The van der Waals surface area contributed by atoms with Gasteiger partial charge < -0.3 is 15.5 Å². The van der Waals surface area contributed by atoms with E-state index in [4.69, 9.17) is 5.11 Å². The number of aliphatic hydroxyl groups is 2. The van der Waals surface area contributed by atoms with E-state index in [2.05, 4.69) is 10.3 Å². The largest absolute Gasteiger partial charge is 0.396 e. The second-order valence-electron chi connectivity index (χ2n) is 5.79. The van der Waals surface area contributed by atoms with Crippen LogP contribution in [0.1, 0.15) is 33.1 Å². The Morgan fingerprint density at radius 2 is 1.87 bits per heavy atom. The van der Waals surface area contributed by atoms with Gasteiger partial charge in [-0.3, -0.25) is 19.2 Å². The summed E-state index contributed by atoms with van der Waals surface area (Å²) in [4.78, 5) is 50.2. The third-order valence-corrected chi connectivity index (χ3v) is 3.30. The Morgan fingerprint density at radius 3 is 2.39 bits per heavy atom. The van der Waals surface area contributed by atoms with E-state index in [-0.39, 0.29) is 32.4 Å². The molecule has 130 valence electrons. The van der Waals surface area contributed by atoms with Crippen LogP contribution in [0.5, 0.6) is 0 Å². The van der Waals surface area contributed by atoms with Gasteiger partial charge in [0.2, 0.25) is 11.8 Å². The molecular formula is C13H21N3O7. The molecule has 10 heteroatoms. The second kappa shape index (κ2) is 7.99. The molecule has 1 rings (SSSR count). The molecule has 0 aromatic rings. The summed E-state index contributed by atoms with van der Waals surface area (Å²) in [6.07, 6.45) is -1.55. The molecule has 0 saturated carbocycles. The molecule has 4 amide bonds. The first-order valence-corrected chi connectivity index (χ1v) is 7.07. The molecule has 0 spiro atoms. The standard InChI is InChI=1S/C13H21N3O7/c1-13(2,7-17)11(21)12(22)14-6-5-8(18)15-23-16-9(19)3-4-10(16)20/h11,17,21H,3-7H2,1-2H3,(H,14,22)(H,15,18)/t11-/m1/s1. The van der Waals surface area contributed by atoms with Crippen molar-refractivity contribution in [2.45, 2.75) is 39.2 Å². The molecule has 1 saturated heterocycles. The molecule has 0 unspecified atom stereocenters. The average molecular weight is 331 g/mol. The maximum absolute atomic E-state index is 11.7. The summed E-state index contributed by atoms with van der Waals surface area (Å²) in [6.45, 7) is 2.56. The highest BCUT2D eigenvalue weighted by Gasteiger charge is 2.33. The minimum atomic E-state index is -1.42. The molecule has 0 aliphatic carbocycles. The van der Waals surface area contributed by atoms with E-state index in [1.54, 1.807) is 0 Å². The van der Waals surface area contributed by atoms with Crippen molar-refractivity contribution in [3.63, 3.8) is 0 Å². The normalized spacial score (nSPS) is 16.4. The van der Waals surface area contributed by atoms with Crippen molar-refractivity contribution in [3.05, 3.63) is 0 Å². The first-order chi connectivity index (χ1) is 10.7. The van der Waals surface area contributed by atoms with Gasteiger partial charge in [-0.15, -0.1) is 10.0 Å². The Labute approximate surface area is 132 Å². The van der Waals surface area contributed by atoms with Gasteiger partial charge in [0.25, 0.3) is 11.8 Å². The van der Waals surface area contributed by atoms with E-state index in [0.717, 1.165) is 0 Å². The Bertz CT molecular complexity index is 476. The third kappa shape index (κ3) is 5.27. The Hall–Kier alpha value is -2.04. The summed E-state index contributed by atoms with van der Waals surface area (Å²) in [6, 6.07) is 0. The molecule has 0 bridgehead atoms. The number of imide groups is 1. The minimum absolute atomic E-state index is 0.0310. The molecule has 0 aromatic heterocycles. The first-order valence-electron chi connectivity index (χ1n) is 7.07. The van der Waals surface area contributed by atoms with Crippen molar-refractivity contribution in [2.75, 3.05) is 13.2 Å². The molecule has 1 atom stereocenters. The van der Waals surface area contributed by atoms with E-state index < -0.39 is 35.1 Å². The van der Waals surface area contributed by atoms with Crippen molar-refractivity contribution in [1.82, 2.24) is 15.9 Å². The summed E-state index contributed by atoms with van der Waals surface area (Å²) in [7, 11) is 0. The van der Waals surface area contributed by atoms with E-state index in [1.807, 2.05) is 5.48 Å². The average Bonchev–Trinajstić information content (AvgIpc) is 2.82. The SMILES string of the molecule is CC(C)(CO)[C@H](O)C(=O)NCCC(=O)NON1C(=O)CCC1=O. The van der Waals surface area contributed by atoms with Gasteiger partial charge >= 0.3 is 0 Å². The van der Waals surface area contributed by atoms with Crippen molar-refractivity contribution >= 4 is 23.6 Å². The molecular weight excluding hydrogens is 310 g/mol. The minimum Gasteiger partial charge on any atom is -0.396 e. The number of nitrogens with one attached hydrogen (secondary N) is 2. The van der Waals surface area contributed by atoms with Crippen LogP contribution in [-0.4, -0.2) is 58.2 Å². The van der Waals surface area contributed by atoms with Crippen LogP contribution in [0.25, 0.3) is 0 Å². The smallest absolute Gasteiger partial charge is 0.256 e. The highest BCUT2D eigenvalue weighted by molar-refractivity contribution is 6.00. The van der Waals surface area contributed by atoms with Crippen LogP contribution in [-0.2, 0) is 24.1 Å². The van der Waals surface area contributed by atoms with E-state index in [9.17, 15) is 24.3 Å². The summed E-state index contributed by atoms with van der Waals surface area (Å²) in [5.41, 5.74) is 0.913. The van der Waals surface area contributed by atoms with Gasteiger partial charge in [0.15, 0.2) is 0 Å². The number of rotatable bonds is 8. The predicted molar refractivity (Wildman–Crippen MR) is 74.8 cm³/mol. The van der Waals surface area contributed by atoms with Gasteiger partial charge in [0, 0.05) is 31.2 Å². The van der Waals surface area contributed by atoms with E-state index in [1.165, 1.54) is 13.8 Å². The molecule has 0 radical (unpaired) electrons. The van der Waals surface area contributed by atoms with E-state index >= 15 is 0 Å². The van der Waals surface area contributed by atoms with Crippen LogP contribution < -0.4 is 10.8 Å². The highest BCUT2D eigenvalue weighted by Crippen LogP contribution is 2.19. The summed E-state index contributed by atoms with van der Waals surface area (Å²) in [5.74, 6) is -2.47. The fourth-order valence-electron chi connectivity index (χ4n) is 1.64. The molecule has 10 nitrogen and oxygen atoms in total. The van der Waals surface area contributed by atoms with Crippen LogP contribution in [0.4, 0.5) is 0 Å². The van der Waals surface area contributed by atoms with Crippen molar-refractivity contribution in [2.24, 2.45) is 5.41 Å². The second-order valence-corrected chi connectivity index (χ2v) is 5.79. The monoisotopic (exact) mass is 331 g/mol. The number of carbonyl (C=O) groups excluding carboxylic acids is 4. The lowest BCUT2D eigenvalue weighted by Gasteiger charge is -2.27. The molecule has 1 fully saturated rings. The van der Waals surface area contributed by atoms with Gasteiger partial charge in [0.1, 0.15) is 6.10 Å². The van der Waals surface area contributed by atoms with Crippen LogP contribution in [0, 0.1) is 5.41 Å². The zero-order valence-electron chi connectivity index (χ0n) is 13.0. The van der Waals surface area contributed by atoms with Crippen molar-refractivity contribution in [3.8, 4) is 0 Å². The molecule has 1 heterocycles. The maximum atomic E-state index is 11.7. The van der Waals surface area contributed by atoms with Gasteiger partial charge in [-0.2, -0.15) is 0 Å². The highest BCUT2D eigenvalue weighted by atomic mass is 16.8. The Kier molecular flexibility index (Phi) is 6.61. The van der Waals surface area contributed by atoms with Crippen LogP contribution >= 0.6 is 0 Å². The van der Waals surface area contributed by atoms with Crippen molar-refractivity contribution < 1.29 is 34.3 Å². The topological polar surface area (TPSA) is 145 Å². The lowest BCUT2D eigenvalue weighted by molar-refractivity contribution is -0.209. The first kappa shape index (κ1) is 19.0. The van der Waals surface area contributed by atoms with Gasteiger partial charge in [0.05, 0.1) is 6.61 Å². The fourth-order valence-corrected chi connectivity index (χ4v) is 1.64. The number of amides is 4. The fraction of sp³-hybridized carbons (Fsp3) is 0.692.